The van der Waals surface area contributed by atoms with Crippen LogP contribution in [0.15, 0.2) is 53.4 Å². The van der Waals surface area contributed by atoms with Gasteiger partial charge < -0.3 is 5.32 Å². The van der Waals surface area contributed by atoms with Crippen LogP contribution in [0.1, 0.15) is 43.5 Å². The van der Waals surface area contributed by atoms with Gasteiger partial charge in [-0.2, -0.15) is 4.31 Å². The Kier molecular flexibility index (Phi) is 6.76. The summed E-state index contributed by atoms with van der Waals surface area (Å²) in [6.45, 7) is 9.61. The molecule has 0 aromatic heterocycles. The van der Waals surface area contributed by atoms with E-state index in [1.54, 1.807) is 12.1 Å². The second-order valence-electron chi connectivity index (χ2n) is 6.25. The lowest BCUT2D eigenvalue weighted by molar-refractivity contribution is 0.445. The van der Waals surface area contributed by atoms with Crippen molar-refractivity contribution >= 4 is 10.0 Å². The highest BCUT2D eigenvalue weighted by Crippen LogP contribution is 2.19. The van der Waals surface area contributed by atoms with Crippen molar-refractivity contribution in [3.8, 4) is 0 Å². The monoisotopic (exact) mass is 360 g/mol. The summed E-state index contributed by atoms with van der Waals surface area (Å²) in [5, 5.41) is 3.48. The molecular weight excluding hydrogens is 332 g/mol. The molecule has 0 unspecified atom stereocenters. The summed E-state index contributed by atoms with van der Waals surface area (Å²) in [6, 6.07) is 15.8. The van der Waals surface area contributed by atoms with Gasteiger partial charge in [0.05, 0.1) is 4.90 Å². The van der Waals surface area contributed by atoms with Crippen molar-refractivity contribution in [2.45, 2.75) is 45.2 Å². The van der Waals surface area contributed by atoms with Crippen LogP contribution >= 0.6 is 0 Å². The molecule has 0 bridgehead atoms. The highest BCUT2D eigenvalue weighted by molar-refractivity contribution is 7.89. The van der Waals surface area contributed by atoms with E-state index in [2.05, 4.69) is 43.4 Å². The first-order valence-electron chi connectivity index (χ1n) is 8.77. The van der Waals surface area contributed by atoms with Crippen LogP contribution in [-0.2, 0) is 16.6 Å². The zero-order valence-corrected chi connectivity index (χ0v) is 16.3. The average molecular weight is 361 g/mol. The Morgan fingerprint density at radius 2 is 1.52 bits per heavy atom. The largest absolute Gasteiger partial charge is 0.306 e. The number of hydrogen-bond donors (Lipinski definition) is 1. The molecule has 0 amide bonds. The lowest BCUT2D eigenvalue weighted by Gasteiger charge is -2.19. The Morgan fingerprint density at radius 3 is 2.04 bits per heavy atom. The normalized spacial score (nSPS) is 13.2. The second-order valence-corrected chi connectivity index (χ2v) is 8.18. The molecule has 2 rings (SSSR count). The molecule has 0 saturated heterocycles. The van der Waals surface area contributed by atoms with Crippen molar-refractivity contribution in [3.05, 3.63) is 65.2 Å². The van der Waals surface area contributed by atoms with E-state index in [0.717, 1.165) is 12.1 Å². The zero-order valence-electron chi connectivity index (χ0n) is 15.5. The van der Waals surface area contributed by atoms with Crippen molar-refractivity contribution in [1.29, 1.82) is 0 Å². The van der Waals surface area contributed by atoms with Crippen molar-refractivity contribution in [3.63, 3.8) is 0 Å². The molecule has 25 heavy (non-hydrogen) atoms. The van der Waals surface area contributed by atoms with E-state index in [9.17, 15) is 8.42 Å². The van der Waals surface area contributed by atoms with Gasteiger partial charge in [0.25, 0.3) is 0 Å². The zero-order chi connectivity index (χ0) is 18.4. The molecule has 2 aromatic carbocycles. The van der Waals surface area contributed by atoms with Crippen molar-refractivity contribution in [1.82, 2.24) is 9.62 Å². The molecule has 0 aliphatic rings. The molecule has 0 saturated carbocycles. The Bertz CT molecular complexity index is 764. The SMILES string of the molecule is CCN(CC)S(=O)(=O)c1ccc([C@@H](C)NCc2ccc(C)cc2)cc1. The summed E-state index contributed by atoms with van der Waals surface area (Å²) in [7, 11) is -3.39. The maximum absolute atomic E-state index is 12.5. The fraction of sp³-hybridized carbons (Fsp3) is 0.400. The maximum atomic E-state index is 12.5. The molecule has 0 fully saturated rings. The number of nitrogens with zero attached hydrogens (tertiary/aromatic N) is 1. The first-order valence-corrected chi connectivity index (χ1v) is 10.2. The van der Waals surface area contributed by atoms with E-state index in [-0.39, 0.29) is 6.04 Å². The van der Waals surface area contributed by atoms with Crippen LogP contribution in [0.2, 0.25) is 0 Å². The third kappa shape index (κ3) is 4.91. The number of sulfonamides is 1. The molecule has 0 aliphatic carbocycles. The minimum Gasteiger partial charge on any atom is -0.306 e. The van der Waals surface area contributed by atoms with E-state index >= 15 is 0 Å². The molecule has 0 aliphatic heterocycles. The van der Waals surface area contributed by atoms with Gasteiger partial charge in [0.1, 0.15) is 0 Å². The summed E-state index contributed by atoms with van der Waals surface area (Å²) in [6.07, 6.45) is 0. The summed E-state index contributed by atoms with van der Waals surface area (Å²) in [5.74, 6) is 0. The third-order valence-corrected chi connectivity index (χ3v) is 6.52. The number of rotatable bonds is 8. The van der Waals surface area contributed by atoms with Gasteiger partial charge in [-0.15, -0.1) is 0 Å². The minimum atomic E-state index is -3.39. The van der Waals surface area contributed by atoms with Crippen molar-refractivity contribution in [2.24, 2.45) is 0 Å². The number of hydrogen-bond acceptors (Lipinski definition) is 3. The van der Waals surface area contributed by atoms with E-state index in [1.807, 2.05) is 26.0 Å². The van der Waals surface area contributed by atoms with Crippen LogP contribution < -0.4 is 5.32 Å². The molecular formula is C20H28N2O2S. The van der Waals surface area contributed by atoms with Gasteiger partial charge in [0.15, 0.2) is 0 Å². The van der Waals surface area contributed by atoms with Gasteiger partial charge in [0, 0.05) is 25.7 Å². The van der Waals surface area contributed by atoms with Crippen LogP contribution in [0, 0.1) is 6.92 Å². The van der Waals surface area contributed by atoms with Crippen molar-refractivity contribution in [2.75, 3.05) is 13.1 Å². The lowest BCUT2D eigenvalue weighted by atomic mass is 10.1. The fourth-order valence-corrected chi connectivity index (χ4v) is 4.19. The van der Waals surface area contributed by atoms with E-state index in [1.165, 1.54) is 15.4 Å². The maximum Gasteiger partial charge on any atom is 0.243 e. The van der Waals surface area contributed by atoms with E-state index < -0.39 is 10.0 Å². The smallest absolute Gasteiger partial charge is 0.243 e. The van der Waals surface area contributed by atoms with Gasteiger partial charge in [-0.25, -0.2) is 8.42 Å². The fourth-order valence-electron chi connectivity index (χ4n) is 2.74. The number of nitrogens with one attached hydrogen (secondary N) is 1. The van der Waals surface area contributed by atoms with Crippen LogP contribution in [0.25, 0.3) is 0 Å². The summed E-state index contributed by atoms with van der Waals surface area (Å²) < 4.78 is 26.5. The molecule has 1 atom stereocenters. The molecule has 5 heteroatoms. The van der Waals surface area contributed by atoms with Crippen molar-refractivity contribution < 1.29 is 8.42 Å². The number of aryl methyl sites for hydroxylation is 1. The first-order chi connectivity index (χ1) is 11.9. The Balaban J connectivity index is 2.04. The molecule has 0 heterocycles. The predicted octanol–water partition coefficient (Wildman–Crippen LogP) is 3.88. The first kappa shape index (κ1) is 19.6. The average Bonchev–Trinajstić information content (AvgIpc) is 2.62. The second kappa shape index (κ2) is 8.61. The Hall–Kier alpha value is -1.69. The molecule has 136 valence electrons. The summed E-state index contributed by atoms with van der Waals surface area (Å²) >= 11 is 0. The quantitative estimate of drug-likeness (QED) is 0.777. The topological polar surface area (TPSA) is 49.4 Å². The Morgan fingerprint density at radius 1 is 0.960 bits per heavy atom. The van der Waals surface area contributed by atoms with Gasteiger partial charge in [-0.05, 0) is 37.1 Å². The summed E-state index contributed by atoms with van der Waals surface area (Å²) in [5.41, 5.74) is 3.56. The standard InChI is InChI=1S/C20H28N2O2S/c1-5-22(6-2)25(23,24)20-13-11-19(12-14-20)17(4)21-15-18-9-7-16(3)8-10-18/h7-14,17,21H,5-6,15H2,1-4H3/t17-/m1/s1. The van der Waals surface area contributed by atoms with Crippen LogP contribution in [0.4, 0.5) is 0 Å². The van der Waals surface area contributed by atoms with Gasteiger partial charge in [-0.3, -0.25) is 0 Å². The van der Waals surface area contributed by atoms with Gasteiger partial charge in [0.2, 0.25) is 10.0 Å². The molecule has 2 aromatic rings. The molecule has 0 radical (unpaired) electrons. The minimum absolute atomic E-state index is 0.145. The highest BCUT2D eigenvalue weighted by Gasteiger charge is 2.21. The summed E-state index contributed by atoms with van der Waals surface area (Å²) in [4.78, 5) is 0.352. The lowest BCUT2D eigenvalue weighted by Crippen LogP contribution is -2.30. The highest BCUT2D eigenvalue weighted by atomic mass is 32.2. The van der Waals surface area contributed by atoms with Gasteiger partial charge >= 0.3 is 0 Å². The van der Waals surface area contributed by atoms with Crippen LogP contribution in [0.3, 0.4) is 0 Å². The van der Waals surface area contributed by atoms with Crippen LogP contribution in [-0.4, -0.2) is 25.8 Å². The Labute approximate surface area is 151 Å². The molecule has 0 spiro atoms. The van der Waals surface area contributed by atoms with Gasteiger partial charge in [-0.1, -0.05) is 55.8 Å². The molecule has 1 N–H and O–H groups in total. The van der Waals surface area contributed by atoms with E-state index in [4.69, 9.17) is 0 Å². The van der Waals surface area contributed by atoms with E-state index in [0.29, 0.717) is 18.0 Å². The van der Waals surface area contributed by atoms with Crippen LogP contribution in [0.5, 0.6) is 0 Å². The third-order valence-electron chi connectivity index (χ3n) is 4.46. The number of benzene rings is 2. The predicted molar refractivity (Wildman–Crippen MR) is 103 cm³/mol. The molecule has 4 nitrogen and oxygen atoms in total.